The largest absolute Gasteiger partial charge is 0.463 e. The summed E-state index contributed by atoms with van der Waals surface area (Å²) in [5.41, 5.74) is 0.298. The lowest BCUT2D eigenvalue weighted by molar-refractivity contribution is -0.138. The lowest BCUT2D eigenvalue weighted by Crippen LogP contribution is -2.29. The molecule has 0 saturated heterocycles. The predicted octanol–water partition coefficient (Wildman–Crippen LogP) is 1.23. The molecule has 0 amide bonds. The van der Waals surface area contributed by atoms with Crippen molar-refractivity contribution < 1.29 is 16.4 Å². The van der Waals surface area contributed by atoms with Crippen molar-refractivity contribution in [1.82, 2.24) is 4.90 Å². The molecule has 0 saturated carbocycles. The second-order valence-electron chi connectivity index (χ2n) is 2.75. The molecule has 1 heterocycles. The van der Waals surface area contributed by atoms with Gasteiger partial charge in [0.05, 0.1) is 9.30 Å². The van der Waals surface area contributed by atoms with Crippen molar-refractivity contribution in [2.75, 3.05) is 26.7 Å². The first-order valence-corrected chi connectivity index (χ1v) is 3.74. The first-order valence-electron chi connectivity index (χ1n) is 6.24. The van der Waals surface area contributed by atoms with E-state index in [0.29, 0.717) is 18.5 Å². The van der Waals surface area contributed by atoms with E-state index in [-0.39, 0.29) is 12.4 Å². The summed E-state index contributed by atoms with van der Waals surface area (Å²) in [4.78, 5) is 13.5. The second-order valence-corrected chi connectivity index (χ2v) is 2.75. The Morgan fingerprint density at radius 2 is 2.69 bits per heavy atom. The second kappa shape index (κ2) is 6.00. The van der Waals surface area contributed by atoms with Crippen LogP contribution in [0.15, 0.2) is 11.6 Å². The van der Waals surface area contributed by atoms with Crippen molar-refractivity contribution in [2.45, 2.75) is 13.3 Å². The molecule has 0 bridgehead atoms. The molecule has 1 rings (SSSR count). The molecule has 0 aliphatic carbocycles. The summed E-state index contributed by atoms with van der Waals surface area (Å²) in [6.07, 6.45) is 2.32. The summed E-state index contributed by atoms with van der Waals surface area (Å²) in [6.45, 7) is -4.79. The van der Waals surface area contributed by atoms with Crippen LogP contribution in [0.25, 0.3) is 0 Å². The van der Waals surface area contributed by atoms with Crippen LogP contribution in [0.2, 0.25) is 0 Å². The Hall–Kier alpha value is -0.540. The number of rotatable bonds is 2. The van der Waals surface area contributed by atoms with Crippen LogP contribution < -0.4 is 0 Å². The van der Waals surface area contributed by atoms with Crippen LogP contribution in [0.3, 0.4) is 0 Å². The van der Waals surface area contributed by atoms with Crippen LogP contribution in [0.4, 0.5) is 0 Å². The zero-order chi connectivity index (χ0) is 13.3. The number of carbonyl (C=O) groups excluding carboxylic acids is 1. The van der Waals surface area contributed by atoms with Gasteiger partial charge < -0.3 is 9.64 Å². The number of hydrogen-bond acceptors (Lipinski definition) is 3. The highest BCUT2D eigenvalue weighted by Gasteiger charge is 2.15. The maximum atomic E-state index is 11.6. The van der Waals surface area contributed by atoms with Gasteiger partial charge in [-0.1, -0.05) is 6.08 Å². The van der Waals surface area contributed by atoms with Crippen molar-refractivity contribution in [3.63, 3.8) is 0 Å². The molecular formula is C9H16ClNO2. The average molecular weight is 211 g/mol. The van der Waals surface area contributed by atoms with Gasteiger partial charge in [-0.2, -0.15) is 0 Å². The van der Waals surface area contributed by atoms with Gasteiger partial charge in [-0.15, -0.1) is 12.4 Å². The quantitative estimate of drug-likeness (QED) is 0.643. The minimum atomic E-state index is -2.98. The van der Waals surface area contributed by atoms with E-state index >= 15 is 0 Å². The fraction of sp³-hybridized carbons (Fsp3) is 0.667. The average Bonchev–Trinajstić information content (AvgIpc) is 2.15. The fourth-order valence-corrected chi connectivity index (χ4v) is 1.15. The van der Waals surface area contributed by atoms with E-state index in [2.05, 4.69) is 4.74 Å². The van der Waals surface area contributed by atoms with Crippen molar-refractivity contribution in [2.24, 2.45) is 0 Å². The molecule has 0 N–H and O–H groups in total. The SMILES string of the molecule is Cl.[2H]C([2H])([2H])C([2H])([2H])OC(=O)C1=CCCN(C)C1. The normalized spacial score (nSPS) is 25.0. The first-order chi connectivity index (χ1) is 7.63. The molecule has 0 aromatic heterocycles. The van der Waals surface area contributed by atoms with E-state index in [1.807, 2.05) is 11.9 Å². The minimum Gasteiger partial charge on any atom is -0.463 e. The first kappa shape index (κ1) is 6.04. The number of hydrogen-bond donors (Lipinski definition) is 0. The lowest BCUT2D eigenvalue weighted by atomic mass is 10.1. The molecule has 0 radical (unpaired) electrons. The summed E-state index contributed by atoms with van der Waals surface area (Å²) in [6, 6.07) is 0. The Morgan fingerprint density at radius 3 is 3.31 bits per heavy atom. The Kier molecular flexibility index (Phi) is 2.79. The Labute approximate surface area is 92.2 Å². The van der Waals surface area contributed by atoms with E-state index in [1.165, 1.54) is 0 Å². The van der Waals surface area contributed by atoms with Gasteiger partial charge in [0.15, 0.2) is 0 Å². The Morgan fingerprint density at radius 1 is 1.92 bits per heavy atom. The highest BCUT2D eigenvalue weighted by molar-refractivity contribution is 5.89. The third-order valence-corrected chi connectivity index (χ3v) is 1.75. The van der Waals surface area contributed by atoms with Crippen LogP contribution in [0.5, 0.6) is 0 Å². The summed E-state index contributed by atoms with van der Waals surface area (Å²) >= 11 is 0. The van der Waals surface area contributed by atoms with E-state index in [4.69, 9.17) is 6.85 Å². The summed E-state index contributed by atoms with van der Waals surface area (Å²) in [5, 5.41) is 0. The molecule has 1 aliphatic heterocycles. The monoisotopic (exact) mass is 210 g/mol. The third-order valence-electron chi connectivity index (χ3n) is 1.75. The van der Waals surface area contributed by atoms with Crippen molar-refractivity contribution >= 4 is 18.4 Å². The summed E-state index contributed by atoms with van der Waals surface area (Å²) in [7, 11) is 1.82. The van der Waals surface area contributed by atoms with Gasteiger partial charge in [-0.05, 0) is 20.3 Å². The van der Waals surface area contributed by atoms with Crippen molar-refractivity contribution in [1.29, 1.82) is 0 Å². The van der Waals surface area contributed by atoms with Crippen LogP contribution >= 0.6 is 12.4 Å². The Balaban J connectivity index is 0.00000289. The molecule has 76 valence electrons. The van der Waals surface area contributed by atoms with E-state index < -0.39 is 19.4 Å². The predicted molar refractivity (Wildman–Crippen MR) is 54.1 cm³/mol. The van der Waals surface area contributed by atoms with Crippen LogP contribution in [-0.4, -0.2) is 37.6 Å². The van der Waals surface area contributed by atoms with Gasteiger partial charge in [0.1, 0.15) is 0 Å². The number of esters is 1. The molecular weight excluding hydrogens is 190 g/mol. The maximum Gasteiger partial charge on any atom is 0.334 e. The molecule has 3 nitrogen and oxygen atoms in total. The number of ether oxygens (including phenoxy) is 1. The maximum absolute atomic E-state index is 11.6. The highest BCUT2D eigenvalue weighted by Crippen LogP contribution is 2.08. The van der Waals surface area contributed by atoms with E-state index in [1.54, 1.807) is 6.08 Å². The molecule has 0 aromatic carbocycles. The standard InChI is InChI=1S/C9H15NO2.ClH/c1-3-12-9(11)8-5-4-6-10(2)7-8;/h5H,3-4,6-7H2,1-2H3;1H/i1D3,3D2;. The molecule has 0 spiro atoms. The number of nitrogens with zero attached hydrogens (tertiary/aromatic N) is 1. The van der Waals surface area contributed by atoms with E-state index in [0.717, 1.165) is 6.54 Å². The molecule has 0 unspecified atom stereocenters. The zero-order valence-electron chi connectivity index (χ0n) is 12.4. The molecule has 13 heavy (non-hydrogen) atoms. The topological polar surface area (TPSA) is 29.5 Å². The smallest absolute Gasteiger partial charge is 0.334 e. The fourth-order valence-electron chi connectivity index (χ4n) is 1.15. The van der Waals surface area contributed by atoms with Gasteiger partial charge in [-0.3, -0.25) is 0 Å². The molecule has 1 aliphatic rings. The molecule has 0 fully saturated rings. The molecule has 0 aromatic rings. The number of likely N-dealkylation sites (N-methyl/N-ethyl adjacent to an activating group) is 1. The van der Waals surface area contributed by atoms with Gasteiger partial charge in [0.2, 0.25) is 0 Å². The summed E-state index contributed by atoms with van der Waals surface area (Å²) < 4.78 is 39.6. The van der Waals surface area contributed by atoms with Crippen molar-refractivity contribution in [3.05, 3.63) is 11.6 Å². The van der Waals surface area contributed by atoms with Crippen LogP contribution in [0.1, 0.15) is 20.1 Å². The number of carbonyl (C=O) groups is 1. The minimum absolute atomic E-state index is 0. The lowest BCUT2D eigenvalue weighted by Gasteiger charge is -2.21. The molecule has 0 atom stereocenters. The van der Waals surface area contributed by atoms with E-state index in [9.17, 15) is 4.79 Å². The number of halogens is 1. The zero-order valence-corrected chi connectivity index (χ0v) is 8.19. The van der Waals surface area contributed by atoms with Gasteiger partial charge in [0, 0.05) is 22.8 Å². The van der Waals surface area contributed by atoms with Crippen molar-refractivity contribution in [3.8, 4) is 0 Å². The van der Waals surface area contributed by atoms with Gasteiger partial charge in [0.25, 0.3) is 0 Å². The highest BCUT2D eigenvalue weighted by atomic mass is 35.5. The van der Waals surface area contributed by atoms with Crippen LogP contribution in [0, 0.1) is 0 Å². The van der Waals surface area contributed by atoms with Crippen LogP contribution in [-0.2, 0) is 9.53 Å². The van der Waals surface area contributed by atoms with Gasteiger partial charge in [-0.25, -0.2) is 4.79 Å². The molecule has 4 heteroatoms. The van der Waals surface area contributed by atoms with Gasteiger partial charge >= 0.3 is 5.97 Å². The Bertz CT molecular complexity index is 342. The summed E-state index contributed by atoms with van der Waals surface area (Å²) in [5.74, 6) is -0.905. The third kappa shape index (κ3) is 3.79.